The zero-order valence-corrected chi connectivity index (χ0v) is 54.7. The van der Waals surface area contributed by atoms with Gasteiger partial charge in [0.25, 0.3) is 0 Å². The average molecular weight is 1070 g/mol. The van der Waals surface area contributed by atoms with E-state index in [4.69, 9.17) is 0 Å². The van der Waals surface area contributed by atoms with Crippen molar-refractivity contribution in [2.24, 2.45) is 0 Å². The van der Waals surface area contributed by atoms with Crippen molar-refractivity contribution in [1.82, 2.24) is 0 Å². The third-order valence-electron chi connectivity index (χ3n) is 4.29. The fraction of sp³-hybridized carbons (Fsp3) is 0.571. The minimum atomic E-state index is -1.84. The molecule has 0 saturated heterocycles. The number of rotatable bonds is 4. The molecule has 440 valence electrons. The van der Waals surface area contributed by atoms with E-state index < -0.39 is 28.5 Å². The molecule has 0 radical (unpaired) electrons. The van der Waals surface area contributed by atoms with Crippen LogP contribution in [0.4, 0.5) is 0 Å². The van der Waals surface area contributed by atoms with Crippen LogP contribution in [0.15, 0.2) is 121 Å². The molecule has 0 aliphatic heterocycles. The van der Waals surface area contributed by atoms with Gasteiger partial charge in [-0.25, -0.2) is 0 Å². The highest BCUT2D eigenvalue weighted by Gasteiger charge is 1.92. The number of hydrogen-bond donors (Lipinski definition) is 0. The standard InChI is InChI=1S/4C6H5BO2.8C4H12N/c4*8-7(9)6-4-2-1-3-5-6;8*1-5(2,3)4/h4*1-5H;8*1-4H3/q4*-2;8*+1. The fourth-order valence-corrected chi connectivity index (χ4v) is 2.44. The van der Waals surface area contributed by atoms with Gasteiger partial charge in [-0.2, -0.15) is 0 Å². The third-order valence-corrected chi connectivity index (χ3v) is 4.29. The van der Waals surface area contributed by atoms with Crippen LogP contribution >= 0.6 is 0 Å². The highest BCUT2D eigenvalue weighted by Crippen LogP contribution is 1.83. The second-order valence-corrected chi connectivity index (χ2v) is 28.4. The summed E-state index contributed by atoms with van der Waals surface area (Å²) >= 11 is 0. The smallest absolute Gasteiger partial charge is 0.0675 e. The lowest BCUT2D eigenvalue weighted by Crippen LogP contribution is -2.55. The summed E-state index contributed by atoms with van der Waals surface area (Å²) in [6, 6.07) is 32.8. The van der Waals surface area contributed by atoms with E-state index in [2.05, 4.69) is 226 Å². The molecule has 0 N–H and O–H groups in total. The Labute approximate surface area is 471 Å². The zero-order chi connectivity index (χ0) is 62.8. The van der Waals surface area contributed by atoms with E-state index in [1.54, 1.807) is 72.8 Å². The highest BCUT2D eigenvalue weighted by molar-refractivity contribution is 6.56. The van der Waals surface area contributed by atoms with Crippen molar-refractivity contribution in [3.05, 3.63) is 121 Å². The first kappa shape index (κ1) is 89.1. The van der Waals surface area contributed by atoms with Crippen molar-refractivity contribution < 1.29 is 76.1 Å². The van der Waals surface area contributed by atoms with Crippen molar-refractivity contribution in [2.45, 2.75) is 0 Å². The van der Waals surface area contributed by atoms with Crippen LogP contribution in [0.1, 0.15) is 0 Å². The van der Waals surface area contributed by atoms with Crippen LogP contribution in [-0.4, -0.2) is 290 Å². The molecule has 0 spiro atoms. The van der Waals surface area contributed by atoms with Gasteiger partial charge >= 0.3 is 0 Å². The van der Waals surface area contributed by atoms with Gasteiger partial charge in [-0.1, -0.05) is 150 Å². The third kappa shape index (κ3) is 172. The van der Waals surface area contributed by atoms with Crippen LogP contribution in [0.3, 0.4) is 0 Å². The Balaban J connectivity index is -0.000000112. The van der Waals surface area contributed by atoms with Crippen molar-refractivity contribution in [1.29, 1.82) is 0 Å². The summed E-state index contributed by atoms with van der Waals surface area (Å²) in [5.74, 6) is 0. The van der Waals surface area contributed by atoms with Gasteiger partial charge in [-0.3, -0.25) is 0 Å². The minimum Gasteiger partial charge on any atom is -0.889 e. The van der Waals surface area contributed by atoms with Gasteiger partial charge in [0.15, 0.2) is 0 Å². The summed E-state index contributed by atoms with van der Waals surface area (Å²) in [4.78, 5) is 0. The van der Waals surface area contributed by atoms with Gasteiger partial charge in [0, 0.05) is 0 Å². The monoisotopic (exact) mass is 1070 g/mol. The Morgan fingerprint density at radius 1 is 0.171 bits per heavy atom. The molecule has 76 heavy (non-hydrogen) atoms. The van der Waals surface area contributed by atoms with Crippen LogP contribution in [0, 0.1) is 0 Å². The van der Waals surface area contributed by atoms with E-state index >= 15 is 0 Å². The first-order chi connectivity index (χ1) is 33.2. The summed E-state index contributed by atoms with van der Waals surface area (Å²) in [5, 5.41) is 81.4. The van der Waals surface area contributed by atoms with Gasteiger partial charge in [-0.05, 0) is 0 Å². The van der Waals surface area contributed by atoms with Crippen molar-refractivity contribution in [3.8, 4) is 0 Å². The predicted octanol–water partition coefficient (Wildman–Crippen LogP) is -5.01. The lowest BCUT2D eigenvalue weighted by molar-refractivity contribution is -0.849. The molecule has 4 aromatic carbocycles. The van der Waals surface area contributed by atoms with E-state index in [9.17, 15) is 40.2 Å². The summed E-state index contributed by atoms with van der Waals surface area (Å²) in [7, 11) is 60.6. The molecule has 0 heterocycles. The Morgan fingerprint density at radius 2 is 0.237 bits per heavy atom. The maximum absolute atomic E-state index is 10.2. The van der Waals surface area contributed by atoms with E-state index in [0.29, 0.717) is 21.9 Å². The molecule has 0 unspecified atom stereocenters. The van der Waals surface area contributed by atoms with Crippen LogP contribution < -0.4 is 62.0 Å². The summed E-state index contributed by atoms with van der Waals surface area (Å²) < 4.78 is 8.00. The Kier molecular flexibility index (Phi) is 53.2. The number of benzene rings is 4. The van der Waals surface area contributed by atoms with Gasteiger partial charge < -0.3 is 76.1 Å². The zero-order valence-electron chi connectivity index (χ0n) is 54.7. The normalized spacial score (nSPS) is 10.6. The Morgan fingerprint density at radius 3 is 0.276 bits per heavy atom. The second kappa shape index (κ2) is 45.4. The molecule has 4 rings (SSSR count). The van der Waals surface area contributed by atoms with Gasteiger partial charge in [0.2, 0.25) is 0 Å². The molecule has 0 saturated carbocycles. The van der Waals surface area contributed by atoms with Gasteiger partial charge in [0.05, 0.1) is 226 Å². The second-order valence-electron chi connectivity index (χ2n) is 28.4. The summed E-state index contributed by atoms with van der Waals surface area (Å²) in [5.41, 5.74) is 1.21. The molecule has 0 aromatic heterocycles. The quantitative estimate of drug-likeness (QED) is 0.144. The fourth-order valence-electron chi connectivity index (χ4n) is 2.44. The maximum atomic E-state index is 10.2. The van der Waals surface area contributed by atoms with Crippen molar-refractivity contribution >= 4 is 50.3 Å². The number of nitrogens with zero attached hydrogens (tertiary/aromatic N) is 8. The number of quaternary nitrogens is 8. The Hall–Kier alpha value is -3.50. The highest BCUT2D eigenvalue weighted by atomic mass is 16.4. The van der Waals surface area contributed by atoms with Crippen LogP contribution in [-0.2, 0) is 0 Å². The molecular weight excluding hydrogens is 956 g/mol. The molecule has 0 aliphatic rings. The first-order valence-electron chi connectivity index (χ1n) is 25.0. The maximum Gasteiger partial charge on any atom is 0.0675 e. The van der Waals surface area contributed by atoms with E-state index in [1.165, 1.54) is 48.5 Å². The lowest BCUT2D eigenvalue weighted by Gasteiger charge is -2.26. The molecule has 0 bridgehead atoms. The molecule has 16 nitrogen and oxygen atoms in total. The largest absolute Gasteiger partial charge is 0.889 e. The van der Waals surface area contributed by atoms with E-state index in [0.717, 1.165) is 35.9 Å². The topological polar surface area (TPSA) is 184 Å². The SMILES string of the molecule is C[N+](C)(C)C.C[N+](C)(C)C.C[N+](C)(C)C.C[N+](C)(C)C.C[N+](C)(C)C.C[N+](C)(C)C.C[N+](C)(C)C.C[N+](C)(C)C.[O-]B([O-])c1ccccc1.[O-]B([O-])c1ccccc1.[O-]B([O-])c1ccccc1.[O-]B([O-])c1ccccc1. The summed E-state index contributed by atoms with van der Waals surface area (Å²) in [6.07, 6.45) is 0. The molecule has 0 atom stereocenters. The van der Waals surface area contributed by atoms with Crippen LogP contribution in [0.2, 0.25) is 0 Å². The molecule has 0 fully saturated rings. The van der Waals surface area contributed by atoms with Crippen molar-refractivity contribution in [2.75, 3.05) is 226 Å². The lowest BCUT2D eigenvalue weighted by atomic mass is 9.81. The van der Waals surface area contributed by atoms with Crippen molar-refractivity contribution in [3.63, 3.8) is 0 Å². The van der Waals surface area contributed by atoms with Gasteiger partial charge in [0.1, 0.15) is 0 Å². The molecular formula is C56H116B4N8O8. The molecule has 0 aliphatic carbocycles. The van der Waals surface area contributed by atoms with Crippen LogP contribution in [0.25, 0.3) is 0 Å². The van der Waals surface area contributed by atoms with E-state index in [-0.39, 0.29) is 0 Å². The number of hydrogen-bond acceptors (Lipinski definition) is 8. The Bertz CT molecular complexity index is 1440. The summed E-state index contributed by atoms with van der Waals surface area (Å²) in [6.45, 7) is 0. The van der Waals surface area contributed by atoms with Gasteiger partial charge in [-0.15, -0.1) is 21.9 Å². The van der Waals surface area contributed by atoms with Crippen LogP contribution in [0.5, 0.6) is 0 Å². The molecule has 20 heteroatoms. The predicted molar refractivity (Wildman–Crippen MR) is 319 cm³/mol. The average Bonchev–Trinajstić information content (AvgIpc) is 3.15. The molecule has 0 amide bonds. The molecule has 4 aromatic rings. The minimum absolute atomic E-state index is 0.303. The van der Waals surface area contributed by atoms with E-state index in [1.807, 2.05) is 0 Å². The first-order valence-corrected chi connectivity index (χ1v) is 25.0.